The van der Waals surface area contributed by atoms with E-state index in [4.69, 9.17) is 4.74 Å². The lowest BCUT2D eigenvalue weighted by molar-refractivity contribution is -0.150. The maximum atomic E-state index is 11.4. The van der Waals surface area contributed by atoms with E-state index in [1.54, 1.807) is 12.1 Å². The van der Waals surface area contributed by atoms with Gasteiger partial charge in [0, 0.05) is 5.56 Å². The second kappa shape index (κ2) is 5.40. The van der Waals surface area contributed by atoms with Gasteiger partial charge in [0.25, 0.3) is 0 Å². The van der Waals surface area contributed by atoms with Crippen LogP contribution in [-0.2, 0) is 14.9 Å². The summed E-state index contributed by atoms with van der Waals surface area (Å²) < 4.78 is 9.90. The van der Waals surface area contributed by atoms with Crippen LogP contribution in [0.25, 0.3) is 0 Å². The first kappa shape index (κ1) is 14.5. The highest BCUT2D eigenvalue weighted by atomic mass is 16.5. The zero-order chi connectivity index (χ0) is 13.9. The van der Waals surface area contributed by atoms with E-state index in [1.807, 2.05) is 26.8 Å². The molecule has 0 radical (unpaired) electrons. The molecule has 1 atom stereocenters. The SMILES string of the molecule is COC(=O)C(O)c1cccc(C(C)(C)C)c1OC. The molecule has 0 aliphatic rings. The molecule has 4 heteroatoms. The highest BCUT2D eigenvalue weighted by Crippen LogP contribution is 2.36. The maximum Gasteiger partial charge on any atom is 0.339 e. The molecule has 0 bridgehead atoms. The Morgan fingerprint density at radius 1 is 1.28 bits per heavy atom. The first-order chi connectivity index (χ1) is 8.32. The molecule has 4 nitrogen and oxygen atoms in total. The van der Waals surface area contributed by atoms with Gasteiger partial charge < -0.3 is 14.6 Å². The van der Waals surface area contributed by atoms with Crippen molar-refractivity contribution < 1.29 is 19.4 Å². The molecular formula is C14H20O4. The van der Waals surface area contributed by atoms with Crippen molar-refractivity contribution in [3.63, 3.8) is 0 Å². The van der Waals surface area contributed by atoms with Gasteiger partial charge in [0.1, 0.15) is 5.75 Å². The number of carbonyl (C=O) groups is 1. The smallest absolute Gasteiger partial charge is 0.339 e. The van der Waals surface area contributed by atoms with Gasteiger partial charge in [0.05, 0.1) is 14.2 Å². The normalized spacial score (nSPS) is 13.0. The third-order valence-corrected chi connectivity index (χ3v) is 2.78. The Bertz CT molecular complexity index is 432. The molecule has 0 amide bonds. The van der Waals surface area contributed by atoms with E-state index >= 15 is 0 Å². The Kier molecular flexibility index (Phi) is 4.35. The molecule has 0 aliphatic heterocycles. The quantitative estimate of drug-likeness (QED) is 0.838. The number of rotatable bonds is 3. The first-order valence-electron chi connectivity index (χ1n) is 5.76. The van der Waals surface area contributed by atoms with Crippen LogP contribution in [0.1, 0.15) is 38.0 Å². The monoisotopic (exact) mass is 252 g/mol. The minimum atomic E-state index is -1.33. The minimum Gasteiger partial charge on any atom is -0.496 e. The largest absolute Gasteiger partial charge is 0.496 e. The summed E-state index contributed by atoms with van der Waals surface area (Å²) in [5.41, 5.74) is 1.22. The molecule has 1 rings (SSSR count). The fourth-order valence-electron chi connectivity index (χ4n) is 1.83. The van der Waals surface area contributed by atoms with Crippen molar-refractivity contribution >= 4 is 5.97 Å². The number of aliphatic hydroxyl groups is 1. The second-order valence-corrected chi connectivity index (χ2v) is 5.10. The summed E-state index contributed by atoms with van der Waals surface area (Å²) in [4.78, 5) is 11.4. The van der Waals surface area contributed by atoms with Crippen molar-refractivity contribution in [3.05, 3.63) is 29.3 Å². The maximum absolute atomic E-state index is 11.4. The van der Waals surface area contributed by atoms with Gasteiger partial charge in [-0.05, 0) is 11.0 Å². The van der Waals surface area contributed by atoms with Crippen LogP contribution in [-0.4, -0.2) is 25.3 Å². The standard InChI is InChI=1S/C14H20O4/c1-14(2,3)10-8-6-7-9(12(10)17-4)11(15)13(16)18-5/h6-8,11,15H,1-5H3. The third-order valence-electron chi connectivity index (χ3n) is 2.78. The van der Waals surface area contributed by atoms with Crippen molar-refractivity contribution in [2.24, 2.45) is 0 Å². The predicted molar refractivity (Wildman–Crippen MR) is 68.7 cm³/mol. The van der Waals surface area contributed by atoms with Gasteiger partial charge in [-0.25, -0.2) is 4.79 Å². The average molecular weight is 252 g/mol. The van der Waals surface area contributed by atoms with E-state index < -0.39 is 12.1 Å². The number of para-hydroxylation sites is 1. The van der Waals surface area contributed by atoms with Crippen LogP contribution in [0.2, 0.25) is 0 Å². The Hall–Kier alpha value is -1.55. The van der Waals surface area contributed by atoms with Crippen LogP contribution in [0, 0.1) is 0 Å². The van der Waals surface area contributed by atoms with Gasteiger partial charge in [-0.3, -0.25) is 0 Å². The second-order valence-electron chi connectivity index (χ2n) is 5.10. The molecular weight excluding hydrogens is 232 g/mol. The molecule has 100 valence electrons. The summed E-state index contributed by atoms with van der Waals surface area (Å²) in [6.07, 6.45) is -1.33. The molecule has 1 aromatic carbocycles. The van der Waals surface area contributed by atoms with Crippen molar-refractivity contribution in [2.45, 2.75) is 32.3 Å². The summed E-state index contributed by atoms with van der Waals surface area (Å²) >= 11 is 0. The Balaban J connectivity index is 3.34. The topological polar surface area (TPSA) is 55.8 Å². The van der Waals surface area contributed by atoms with E-state index in [-0.39, 0.29) is 5.41 Å². The number of esters is 1. The first-order valence-corrected chi connectivity index (χ1v) is 5.76. The molecule has 1 N–H and O–H groups in total. The highest BCUT2D eigenvalue weighted by Gasteiger charge is 2.27. The third kappa shape index (κ3) is 2.82. The van der Waals surface area contributed by atoms with E-state index in [2.05, 4.69) is 4.74 Å². The number of methoxy groups -OCH3 is 2. The Morgan fingerprint density at radius 3 is 2.33 bits per heavy atom. The predicted octanol–water partition coefficient (Wildman–Crippen LogP) is 2.20. The van der Waals surface area contributed by atoms with Crippen molar-refractivity contribution in [3.8, 4) is 5.75 Å². The van der Waals surface area contributed by atoms with E-state index in [9.17, 15) is 9.90 Å². The highest BCUT2D eigenvalue weighted by molar-refractivity contribution is 5.77. The molecule has 0 heterocycles. The molecule has 0 spiro atoms. The van der Waals surface area contributed by atoms with Crippen molar-refractivity contribution in [2.75, 3.05) is 14.2 Å². The molecule has 18 heavy (non-hydrogen) atoms. The van der Waals surface area contributed by atoms with Crippen LogP contribution in [0.4, 0.5) is 0 Å². The summed E-state index contributed by atoms with van der Waals surface area (Å²) in [5, 5.41) is 9.94. The fraction of sp³-hybridized carbons (Fsp3) is 0.500. The van der Waals surface area contributed by atoms with E-state index in [0.29, 0.717) is 11.3 Å². The van der Waals surface area contributed by atoms with Crippen molar-refractivity contribution in [1.82, 2.24) is 0 Å². The lowest BCUT2D eigenvalue weighted by atomic mass is 9.84. The van der Waals surface area contributed by atoms with Gasteiger partial charge in [0.2, 0.25) is 0 Å². The van der Waals surface area contributed by atoms with Gasteiger partial charge in [-0.2, -0.15) is 0 Å². The molecule has 0 saturated heterocycles. The van der Waals surface area contributed by atoms with Gasteiger partial charge in [-0.15, -0.1) is 0 Å². The summed E-state index contributed by atoms with van der Waals surface area (Å²) in [5.74, 6) is -0.165. The summed E-state index contributed by atoms with van der Waals surface area (Å²) in [6.45, 7) is 6.12. The van der Waals surface area contributed by atoms with Gasteiger partial charge >= 0.3 is 5.97 Å². The zero-order valence-electron chi connectivity index (χ0n) is 11.5. The summed E-state index contributed by atoms with van der Waals surface area (Å²) in [6, 6.07) is 5.38. The molecule has 0 aromatic heterocycles. The van der Waals surface area contributed by atoms with Crippen molar-refractivity contribution in [1.29, 1.82) is 0 Å². The number of hydrogen-bond acceptors (Lipinski definition) is 4. The lowest BCUT2D eigenvalue weighted by Gasteiger charge is -2.24. The zero-order valence-corrected chi connectivity index (χ0v) is 11.5. The van der Waals surface area contributed by atoms with Crippen LogP contribution in [0.3, 0.4) is 0 Å². The van der Waals surface area contributed by atoms with Gasteiger partial charge in [0.15, 0.2) is 6.10 Å². The Morgan fingerprint density at radius 2 is 1.89 bits per heavy atom. The summed E-state index contributed by atoms with van der Waals surface area (Å²) in [7, 11) is 2.77. The van der Waals surface area contributed by atoms with Crippen LogP contribution in [0.5, 0.6) is 5.75 Å². The molecule has 0 aliphatic carbocycles. The Labute approximate surface area is 108 Å². The minimum absolute atomic E-state index is 0.142. The van der Waals surface area contributed by atoms with Crippen LogP contribution in [0.15, 0.2) is 18.2 Å². The molecule has 0 fully saturated rings. The molecule has 1 aromatic rings. The van der Waals surface area contributed by atoms with Crippen LogP contribution < -0.4 is 4.74 Å². The number of benzene rings is 1. The number of carbonyl (C=O) groups excluding carboxylic acids is 1. The van der Waals surface area contributed by atoms with E-state index in [0.717, 1.165) is 5.56 Å². The van der Waals surface area contributed by atoms with Crippen LogP contribution >= 0.6 is 0 Å². The number of hydrogen-bond donors (Lipinski definition) is 1. The van der Waals surface area contributed by atoms with Gasteiger partial charge in [-0.1, -0.05) is 39.0 Å². The fourth-order valence-corrected chi connectivity index (χ4v) is 1.83. The average Bonchev–Trinajstić information content (AvgIpc) is 2.34. The molecule has 1 unspecified atom stereocenters. The number of aliphatic hydroxyl groups excluding tert-OH is 1. The molecule has 0 saturated carbocycles. The number of ether oxygens (including phenoxy) is 2. The van der Waals surface area contributed by atoms with E-state index in [1.165, 1.54) is 14.2 Å². The lowest BCUT2D eigenvalue weighted by Crippen LogP contribution is -2.18.